The van der Waals surface area contributed by atoms with Crippen LogP contribution in [-0.2, 0) is 4.74 Å². The molecule has 0 aliphatic carbocycles. The number of nitrogens with zero attached hydrogens (tertiary/aromatic N) is 2. The molecule has 0 spiro atoms. The van der Waals surface area contributed by atoms with Gasteiger partial charge in [-0.1, -0.05) is 6.92 Å². The van der Waals surface area contributed by atoms with Gasteiger partial charge in [0.15, 0.2) is 0 Å². The van der Waals surface area contributed by atoms with Gasteiger partial charge in [0, 0.05) is 33.0 Å². The van der Waals surface area contributed by atoms with Gasteiger partial charge in [0.1, 0.15) is 5.82 Å². The van der Waals surface area contributed by atoms with Gasteiger partial charge >= 0.3 is 0 Å². The third-order valence-corrected chi connectivity index (χ3v) is 2.65. The third kappa shape index (κ3) is 5.32. The molecule has 0 saturated heterocycles. The van der Waals surface area contributed by atoms with Gasteiger partial charge in [0.05, 0.1) is 4.47 Å². The normalized spacial score (nSPS) is 10.3. The van der Waals surface area contributed by atoms with E-state index in [0.29, 0.717) is 5.95 Å². The van der Waals surface area contributed by atoms with E-state index in [-0.39, 0.29) is 0 Å². The van der Waals surface area contributed by atoms with Gasteiger partial charge < -0.3 is 15.4 Å². The molecule has 1 aromatic rings. The fraction of sp³-hybridized carbons (Fsp3) is 0.636. The molecule has 1 heterocycles. The van der Waals surface area contributed by atoms with Crippen molar-refractivity contribution in [2.45, 2.75) is 19.8 Å². The Kier molecular flexibility index (Phi) is 6.88. The maximum absolute atomic E-state index is 5.40. The Bertz CT molecular complexity index is 335. The van der Waals surface area contributed by atoms with Crippen LogP contribution in [0.15, 0.2) is 10.7 Å². The second-order valence-corrected chi connectivity index (χ2v) is 4.39. The van der Waals surface area contributed by atoms with Crippen molar-refractivity contribution < 1.29 is 4.74 Å². The van der Waals surface area contributed by atoms with Crippen LogP contribution in [0.25, 0.3) is 0 Å². The molecule has 5 nitrogen and oxygen atoms in total. The van der Waals surface area contributed by atoms with Crippen molar-refractivity contribution in [2.24, 2.45) is 0 Å². The molecule has 6 heteroatoms. The van der Waals surface area contributed by atoms with Gasteiger partial charge in [-0.2, -0.15) is 4.98 Å². The zero-order chi connectivity index (χ0) is 12.5. The lowest BCUT2D eigenvalue weighted by Gasteiger charge is -2.08. The molecule has 0 amide bonds. The SMILES string of the molecule is CCCOCCCNc1nc(NC)ncc1Br. The number of hydrogen-bond donors (Lipinski definition) is 2. The summed E-state index contributed by atoms with van der Waals surface area (Å²) in [5.74, 6) is 1.41. The van der Waals surface area contributed by atoms with Crippen LogP contribution < -0.4 is 10.6 Å². The Morgan fingerprint density at radius 1 is 1.41 bits per heavy atom. The van der Waals surface area contributed by atoms with E-state index in [9.17, 15) is 0 Å². The molecule has 2 N–H and O–H groups in total. The molecule has 0 radical (unpaired) electrons. The lowest BCUT2D eigenvalue weighted by atomic mass is 10.4. The van der Waals surface area contributed by atoms with Crippen LogP contribution in [0.2, 0.25) is 0 Å². The zero-order valence-corrected chi connectivity index (χ0v) is 11.9. The average Bonchev–Trinajstić information content (AvgIpc) is 2.35. The fourth-order valence-corrected chi connectivity index (χ4v) is 1.57. The summed E-state index contributed by atoms with van der Waals surface area (Å²) >= 11 is 3.41. The summed E-state index contributed by atoms with van der Waals surface area (Å²) in [6, 6.07) is 0. The summed E-state index contributed by atoms with van der Waals surface area (Å²) in [5, 5.41) is 6.15. The second kappa shape index (κ2) is 8.25. The van der Waals surface area contributed by atoms with Crippen molar-refractivity contribution in [3.05, 3.63) is 10.7 Å². The van der Waals surface area contributed by atoms with Gasteiger partial charge in [0.2, 0.25) is 5.95 Å². The number of aromatic nitrogens is 2. The Morgan fingerprint density at radius 3 is 2.94 bits per heavy atom. The largest absolute Gasteiger partial charge is 0.381 e. The van der Waals surface area contributed by atoms with Crippen LogP contribution in [0, 0.1) is 0 Å². The van der Waals surface area contributed by atoms with Gasteiger partial charge in [0.25, 0.3) is 0 Å². The number of ether oxygens (including phenoxy) is 1. The van der Waals surface area contributed by atoms with Crippen molar-refractivity contribution in [3.63, 3.8) is 0 Å². The molecule has 0 fully saturated rings. The molecule has 0 aliphatic heterocycles. The van der Waals surface area contributed by atoms with Crippen molar-refractivity contribution >= 4 is 27.7 Å². The predicted octanol–water partition coefficient (Wildman–Crippen LogP) is 2.51. The van der Waals surface area contributed by atoms with E-state index in [2.05, 4.69) is 43.5 Å². The highest BCUT2D eigenvalue weighted by Crippen LogP contribution is 2.19. The first-order valence-electron chi connectivity index (χ1n) is 5.79. The highest BCUT2D eigenvalue weighted by Gasteiger charge is 2.02. The molecule has 0 saturated carbocycles. The summed E-state index contributed by atoms with van der Waals surface area (Å²) in [6.45, 7) is 4.56. The Balaban J connectivity index is 2.30. The minimum atomic E-state index is 0.609. The van der Waals surface area contributed by atoms with E-state index in [4.69, 9.17) is 4.74 Å². The molecule has 17 heavy (non-hydrogen) atoms. The molecule has 0 aromatic carbocycles. The first-order valence-corrected chi connectivity index (χ1v) is 6.59. The summed E-state index contributed by atoms with van der Waals surface area (Å²) in [7, 11) is 1.80. The molecule has 0 bridgehead atoms. The first kappa shape index (κ1) is 14.2. The van der Waals surface area contributed by atoms with Gasteiger partial charge in [-0.25, -0.2) is 4.98 Å². The van der Waals surface area contributed by atoms with Crippen molar-refractivity contribution in [1.82, 2.24) is 9.97 Å². The van der Waals surface area contributed by atoms with Crippen LogP contribution in [0.4, 0.5) is 11.8 Å². The monoisotopic (exact) mass is 302 g/mol. The minimum absolute atomic E-state index is 0.609. The van der Waals surface area contributed by atoms with Gasteiger partial charge in [-0.3, -0.25) is 0 Å². The average molecular weight is 303 g/mol. The molecule has 0 unspecified atom stereocenters. The summed E-state index contributed by atoms with van der Waals surface area (Å²) < 4.78 is 6.27. The molecular weight excluding hydrogens is 284 g/mol. The third-order valence-electron chi connectivity index (χ3n) is 2.07. The smallest absolute Gasteiger partial charge is 0.224 e. The van der Waals surface area contributed by atoms with E-state index in [1.54, 1.807) is 13.2 Å². The Morgan fingerprint density at radius 2 is 2.24 bits per heavy atom. The van der Waals surface area contributed by atoms with Crippen molar-refractivity contribution in [1.29, 1.82) is 0 Å². The lowest BCUT2D eigenvalue weighted by molar-refractivity contribution is 0.134. The first-order chi connectivity index (χ1) is 8.27. The number of rotatable bonds is 8. The summed E-state index contributed by atoms with van der Waals surface area (Å²) in [5.41, 5.74) is 0. The molecule has 96 valence electrons. The van der Waals surface area contributed by atoms with Crippen LogP contribution >= 0.6 is 15.9 Å². The van der Waals surface area contributed by atoms with Gasteiger partial charge in [-0.15, -0.1) is 0 Å². The minimum Gasteiger partial charge on any atom is -0.381 e. The second-order valence-electron chi connectivity index (χ2n) is 3.53. The number of nitrogens with one attached hydrogen (secondary N) is 2. The predicted molar refractivity (Wildman–Crippen MR) is 73.5 cm³/mol. The molecule has 1 rings (SSSR count). The highest BCUT2D eigenvalue weighted by atomic mass is 79.9. The van der Waals surface area contributed by atoms with Crippen molar-refractivity contribution in [2.75, 3.05) is 37.4 Å². The fourth-order valence-electron chi connectivity index (χ4n) is 1.24. The van der Waals surface area contributed by atoms with Crippen LogP contribution in [-0.4, -0.2) is 36.8 Å². The van der Waals surface area contributed by atoms with Crippen LogP contribution in [0.1, 0.15) is 19.8 Å². The molecule has 0 aliphatic rings. The standard InChI is InChI=1S/C11H19BrN4O/c1-3-6-17-7-4-5-14-10-9(12)8-15-11(13-2)16-10/h8H,3-7H2,1-2H3,(H2,13,14,15,16). The highest BCUT2D eigenvalue weighted by molar-refractivity contribution is 9.10. The summed E-state index contributed by atoms with van der Waals surface area (Å²) in [4.78, 5) is 8.40. The van der Waals surface area contributed by atoms with E-state index in [1.807, 2.05) is 0 Å². The van der Waals surface area contributed by atoms with Gasteiger partial charge in [-0.05, 0) is 28.8 Å². The Hall–Kier alpha value is -0.880. The van der Waals surface area contributed by atoms with E-state index in [1.165, 1.54) is 0 Å². The Labute approximate surface area is 111 Å². The molecule has 1 aromatic heterocycles. The number of halogens is 1. The van der Waals surface area contributed by atoms with E-state index in [0.717, 1.165) is 42.9 Å². The maximum Gasteiger partial charge on any atom is 0.224 e. The molecule has 0 atom stereocenters. The maximum atomic E-state index is 5.40. The van der Waals surface area contributed by atoms with Crippen molar-refractivity contribution in [3.8, 4) is 0 Å². The zero-order valence-electron chi connectivity index (χ0n) is 10.3. The van der Waals surface area contributed by atoms with E-state index >= 15 is 0 Å². The lowest BCUT2D eigenvalue weighted by Crippen LogP contribution is -2.09. The number of anilines is 2. The number of hydrogen-bond acceptors (Lipinski definition) is 5. The molecular formula is C11H19BrN4O. The summed E-state index contributed by atoms with van der Waals surface area (Å²) in [6.07, 6.45) is 3.76. The quantitative estimate of drug-likeness (QED) is 0.723. The van der Waals surface area contributed by atoms with Crippen LogP contribution in [0.5, 0.6) is 0 Å². The topological polar surface area (TPSA) is 59.1 Å². The van der Waals surface area contributed by atoms with E-state index < -0.39 is 0 Å². The van der Waals surface area contributed by atoms with Crippen LogP contribution in [0.3, 0.4) is 0 Å².